The minimum Gasteiger partial charge on any atom is -0.493 e. The average Bonchev–Trinajstić information content (AvgIpc) is 3.13. The summed E-state index contributed by atoms with van der Waals surface area (Å²) in [5.74, 6) is 0. The zero-order valence-electron chi connectivity index (χ0n) is 21.6. The first-order valence-electron chi connectivity index (χ1n) is 13.3. The van der Waals surface area contributed by atoms with Crippen molar-refractivity contribution in [2.24, 2.45) is 0 Å². The van der Waals surface area contributed by atoms with Gasteiger partial charge in [0.15, 0.2) is 0 Å². The fourth-order valence-corrected chi connectivity index (χ4v) is 4.94. The minimum absolute atomic E-state index is 0. The van der Waals surface area contributed by atoms with E-state index in [4.69, 9.17) is 0 Å². The number of hydrogen-bond donors (Lipinski definition) is 0. The zero-order chi connectivity index (χ0) is 23.6. The third-order valence-corrected chi connectivity index (χ3v) is 6.89. The van der Waals surface area contributed by atoms with Crippen LogP contribution in [0.4, 0.5) is 0 Å². The van der Waals surface area contributed by atoms with Crippen LogP contribution in [0.5, 0.6) is 0 Å². The number of rotatable bonds is 13. The van der Waals surface area contributed by atoms with Crippen molar-refractivity contribution in [1.29, 1.82) is 0 Å². The third-order valence-electron chi connectivity index (χ3n) is 6.89. The largest absolute Gasteiger partial charge is 0.493 e. The molecule has 1 heterocycles. The first-order valence-corrected chi connectivity index (χ1v) is 13.3. The van der Waals surface area contributed by atoms with Crippen molar-refractivity contribution in [2.75, 3.05) is 0 Å². The summed E-state index contributed by atoms with van der Waals surface area (Å²) in [6, 6.07) is 17.5. The molecule has 0 unspecified atom stereocenters. The number of nitrogens with zero attached hydrogens (tertiary/aromatic N) is 2. The fourth-order valence-electron chi connectivity index (χ4n) is 4.94. The van der Waals surface area contributed by atoms with Gasteiger partial charge in [0, 0.05) is 42.7 Å². The maximum atomic E-state index is 11.7. The van der Waals surface area contributed by atoms with Crippen molar-refractivity contribution < 1.29 is 25.1 Å². The van der Waals surface area contributed by atoms with Crippen molar-refractivity contribution >= 4 is 11.4 Å². The Morgan fingerprint density at radius 1 is 0.618 bits per heavy atom. The maximum Gasteiger partial charge on any atom is 0.211 e. The van der Waals surface area contributed by atoms with E-state index in [9.17, 15) is 5.53 Å². The molecule has 0 saturated carbocycles. The van der Waals surface area contributed by atoms with Crippen molar-refractivity contribution in [3.63, 3.8) is 0 Å². The minimum atomic E-state index is 0. The molecule has 0 radical (unpaired) electrons. The predicted molar refractivity (Wildman–Crippen MR) is 142 cm³/mol. The maximum absolute atomic E-state index is 11.7. The number of benzene rings is 2. The fraction of sp³-hybridized carbons (Fsp3) is 0.484. The molecule has 3 heteroatoms. The van der Waals surface area contributed by atoms with Crippen LogP contribution in [0.15, 0.2) is 59.7 Å². The van der Waals surface area contributed by atoms with Gasteiger partial charge in [-0.1, -0.05) is 84.1 Å². The summed E-state index contributed by atoms with van der Waals surface area (Å²) >= 11 is 0. The Hall–Kier alpha value is -1.82. The van der Waals surface area contributed by atoms with Gasteiger partial charge in [-0.2, -0.15) is 0 Å². The van der Waals surface area contributed by atoms with Gasteiger partial charge in [-0.3, -0.25) is 0 Å². The van der Waals surface area contributed by atoms with E-state index in [1.165, 1.54) is 65.5 Å². The molecule has 2 aromatic rings. The van der Waals surface area contributed by atoms with Gasteiger partial charge in [0.2, 0.25) is 11.4 Å². The molecule has 0 atom stereocenters. The van der Waals surface area contributed by atoms with Crippen molar-refractivity contribution in [2.45, 2.75) is 98.3 Å². The quantitative estimate of drug-likeness (QED) is 0.135. The molecule has 0 N–H and O–H groups in total. The van der Waals surface area contributed by atoms with Crippen LogP contribution in [0, 0.1) is 0 Å². The molecule has 0 aromatic heterocycles. The molecule has 186 valence electrons. The SMILES string of the molecule is CCCCCCC1=C(c2cccc(CC)c2)[N+](=[N-])C(c2cccc(CC)c2)=C1CCCCC.[Pd]. The second-order valence-corrected chi connectivity index (χ2v) is 9.34. The third kappa shape index (κ3) is 6.87. The second kappa shape index (κ2) is 14.6. The Bertz CT molecular complexity index is 1020. The monoisotopic (exact) mass is 548 g/mol. The van der Waals surface area contributed by atoms with Gasteiger partial charge in [0.1, 0.15) is 0 Å². The van der Waals surface area contributed by atoms with Crippen LogP contribution in [-0.4, -0.2) is 4.70 Å². The first kappa shape index (κ1) is 28.4. The summed E-state index contributed by atoms with van der Waals surface area (Å²) in [7, 11) is 0. The van der Waals surface area contributed by atoms with E-state index in [1.807, 2.05) is 0 Å². The van der Waals surface area contributed by atoms with Crippen LogP contribution in [0.2, 0.25) is 0 Å². The van der Waals surface area contributed by atoms with E-state index >= 15 is 0 Å². The predicted octanol–water partition coefficient (Wildman–Crippen LogP) is 9.53. The van der Waals surface area contributed by atoms with Gasteiger partial charge >= 0.3 is 0 Å². The average molecular weight is 549 g/mol. The van der Waals surface area contributed by atoms with Gasteiger partial charge in [-0.25, -0.2) is 4.70 Å². The number of allylic oxidation sites excluding steroid dienone is 2. The summed E-state index contributed by atoms with van der Waals surface area (Å²) in [5, 5.41) is 0. The van der Waals surface area contributed by atoms with E-state index in [0.717, 1.165) is 54.6 Å². The normalized spacial score (nSPS) is 13.6. The second-order valence-electron chi connectivity index (χ2n) is 9.34. The molecule has 0 bridgehead atoms. The van der Waals surface area contributed by atoms with Crippen molar-refractivity contribution in [3.8, 4) is 0 Å². The van der Waals surface area contributed by atoms with E-state index in [-0.39, 0.29) is 20.4 Å². The Morgan fingerprint density at radius 3 is 1.50 bits per heavy atom. The topological polar surface area (TPSA) is 25.3 Å². The van der Waals surface area contributed by atoms with Gasteiger partial charge in [0.05, 0.1) is 0 Å². The van der Waals surface area contributed by atoms with Crippen LogP contribution in [0.3, 0.4) is 0 Å². The molecular weight excluding hydrogens is 507 g/mol. The van der Waals surface area contributed by atoms with Crippen LogP contribution >= 0.6 is 0 Å². The zero-order valence-corrected chi connectivity index (χ0v) is 23.2. The summed E-state index contributed by atoms with van der Waals surface area (Å²) in [6.07, 6.45) is 12.6. The summed E-state index contributed by atoms with van der Waals surface area (Å²) < 4.78 is 1.53. The molecule has 0 fully saturated rings. The molecule has 3 rings (SSSR count). The number of hydrogen-bond acceptors (Lipinski definition) is 0. The molecule has 2 aromatic carbocycles. The van der Waals surface area contributed by atoms with E-state index in [1.54, 1.807) is 0 Å². The van der Waals surface area contributed by atoms with Gasteiger partial charge in [0.25, 0.3) is 0 Å². The standard InChI is InChI=1S/C31H42N2.Pd/c1-5-9-11-13-21-29-28(20-12-10-6-2)30(26-18-14-16-24(7-3)22-26)33(32)31(29)27-19-15-17-25(8-4)23-27;/h14-19,22-23H,5-13,20-21H2,1-4H3;. The molecule has 1 aliphatic rings. The van der Waals surface area contributed by atoms with Crippen LogP contribution in [0.25, 0.3) is 16.9 Å². The van der Waals surface area contributed by atoms with Gasteiger partial charge < -0.3 is 5.53 Å². The van der Waals surface area contributed by atoms with Crippen LogP contribution in [-0.2, 0) is 33.3 Å². The summed E-state index contributed by atoms with van der Waals surface area (Å²) in [4.78, 5) is 0. The molecule has 0 amide bonds. The molecule has 0 spiro atoms. The molecule has 0 saturated heterocycles. The molecule has 34 heavy (non-hydrogen) atoms. The Morgan fingerprint density at radius 2 is 1.06 bits per heavy atom. The van der Waals surface area contributed by atoms with E-state index in [0.29, 0.717) is 0 Å². The van der Waals surface area contributed by atoms with E-state index in [2.05, 4.69) is 76.2 Å². The Kier molecular flexibility index (Phi) is 12.2. The summed E-state index contributed by atoms with van der Waals surface area (Å²) in [5.41, 5.74) is 21.3. The van der Waals surface area contributed by atoms with Crippen LogP contribution < -0.4 is 0 Å². The van der Waals surface area contributed by atoms with Gasteiger partial charge in [-0.15, -0.1) is 0 Å². The summed E-state index contributed by atoms with van der Waals surface area (Å²) in [6.45, 7) is 8.91. The van der Waals surface area contributed by atoms with Crippen LogP contribution in [0.1, 0.15) is 108 Å². The molecule has 0 aliphatic carbocycles. The number of unbranched alkanes of at least 4 members (excludes halogenated alkanes) is 5. The Balaban J connectivity index is 0.00000408. The van der Waals surface area contributed by atoms with Gasteiger partial charge in [-0.05, 0) is 73.9 Å². The smallest absolute Gasteiger partial charge is 0.211 e. The first-order chi connectivity index (χ1) is 16.1. The van der Waals surface area contributed by atoms with Crippen molar-refractivity contribution in [1.82, 2.24) is 0 Å². The molecule has 1 aliphatic heterocycles. The Labute approximate surface area is 221 Å². The number of aryl methyl sites for hydroxylation is 2. The molecular formula is C31H42N2Pd. The van der Waals surface area contributed by atoms with E-state index < -0.39 is 0 Å². The molecule has 2 nitrogen and oxygen atoms in total. The van der Waals surface area contributed by atoms with Crippen molar-refractivity contribution in [3.05, 3.63) is 87.5 Å².